The van der Waals surface area contributed by atoms with E-state index in [0.29, 0.717) is 0 Å². The average molecular weight is 468 g/mol. The van der Waals surface area contributed by atoms with Crippen LogP contribution >= 0.6 is 0 Å². The van der Waals surface area contributed by atoms with E-state index in [1.165, 1.54) is 81.4 Å². The van der Waals surface area contributed by atoms with Gasteiger partial charge >= 0.3 is 0 Å². The van der Waals surface area contributed by atoms with E-state index >= 15 is 0 Å². The summed E-state index contributed by atoms with van der Waals surface area (Å²) in [6.45, 7) is 0. The second kappa shape index (κ2) is 6.87. The van der Waals surface area contributed by atoms with Crippen molar-refractivity contribution in [1.82, 2.24) is 4.57 Å². The molecule has 170 valence electrons. The van der Waals surface area contributed by atoms with Crippen LogP contribution in [0.4, 0.5) is 0 Å². The number of rotatable bonds is 1. The zero-order valence-electron chi connectivity index (χ0n) is 20.1. The van der Waals surface area contributed by atoms with Gasteiger partial charge in [0, 0.05) is 16.5 Å². The van der Waals surface area contributed by atoms with Crippen molar-refractivity contribution in [2.75, 3.05) is 0 Å². The normalized spacial score (nSPS) is 12.3. The van der Waals surface area contributed by atoms with Crippen LogP contribution in [-0.2, 0) is 0 Å². The Kier molecular flexibility index (Phi) is 3.59. The van der Waals surface area contributed by atoms with E-state index in [9.17, 15) is 0 Å². The Bertz CT molecular complexity index is 2230. The van der Waals surface area contributed by atoms with Crippen LogP contribution in [0.2, 0.25) is 0 Å². The fourth-order valence-electron chi connectivity index (χ4n) is 6.82. The Morgan fingerprint density at radius 3 is 1.16 bits per heavy atom. The summed E-state index contributed by atoms with van der Waals surface area (Å²) in [5.41, 5.74) is 3.73. The molecule has 0 bridgehead atoms. The van der Waals surface area contributed by atoms with Crippen LogP contribution in [0.15, 0.2) is 127 Å². The molecule has 0 aliphatic heterocycles. The molecular formula is C36H21N. The van der Waals surface area contributed by atoms with Crippen molar-refractivity contribution in [3.63, 3.8) is 0 Å². The highest BCUT2D eigenvalue weighted by atomic mass is 15.0. The average Bonchev–Trinajstić information content (AvgIpc) is 3.32. The van der Waals surface area contributed by atoms with E-state index in [2.05, 4.69) is 132 Å². The summed E-state index contributed by atoms with van der Waals surface area (Å²) in [5, 5.41) is 15.8. The monoisotopic (exact) mass is 467 g/mol. The molecule has 0 saturated carbocycles. The molecule has 0 radical (unpaired) electrons. The van der Waals surface area contributed by atoms with Crippen molar-refractivity contribution in [2.45, 2.75) is 0 Å². The van der Waals surface area contributed by atoms with Gasteiger partial charge in [-0.25, -0.2) is 0 Å². The van der Waals surface area contributed by atoms with Crippen LogP contribution in [0.3, 0.4) is 0 Å². The van der Waals surface area contributed by atoms with E-state index in [4.69, 9.17) is 0 Å². The number of hydrogen-bond donors (Lipinski definition) is 0. The fourth-order valence-corrected chi connectivity index (χ4v) is 6.82. The molecule has 1 nitrogen and oxygen atoms in total. The highest BCUT2D eigenvalue weighted by molar-refractivity contribution is 6.34. The third-order valence-corrected chi connectivity index (χ3v) is 8.31. The third-order valence-electron chi connectivity index (χ3n) is 8.31. The van der Waals surface area contributed by atoms with Crippen LogP contribution in [-0.4, -0.2) is 4.57 Å². The van der Waals surface area contributed by atoms with Crippen molar-refractivity contribution in [2.24, 2.45) is 0 Å². The smallest absolute Gasteiger partial charge is 0.0547 e. The van der Waals surface area contributed by atoms with Gasteiger partial charge in [-0.05, 0) is 78.1 Å². The summed E-state index contributed by atoms with van der Waals surface area (Å²) in [6.07, 6.45) is 0. The number of hydrogen-bond acceptors (Lipinski definition) is 0. The predicted molar refractivity (Wildman–Crippen MR) is 159 cm³/mol. The van der Waals surface area contributed by atoms with Gasteiger partial charge in [-0.2, -0.15) is 0 Å². The number of nitrogens with zero attached hydrogens (tertiary/aromatic N) is 1. The van der Waals surface area contributed by atoms with Crippen molar-refractivity contribution in [3.05, 3.63) is 127 Å². The number of benzene rings is 8. The van der Waals surface area contributed by atoms with Gasteiger partial charge in [0.2, 0.25) is 0 Å². The molecule has 9 aromatic rings. The molecule has 1 heterocycles. The van der Waals surface area contributed by atoms with E-state index in [1.807, 2.05) is 0 Å². The fraction of sp³-hybridized carbons (Fsp3) is 0. The molecule has 0 aliphatic rings. The Hall–Kier alpha value is -4.88. The van der Waals surface area contributed by atoms with Crippen LogP contribution in [0, 0.1) is 0 Å². The molecule has 9 rings (SSSR count). The van der Waals surface area contributed by atoms with Gasteiger partial charge in [0.15, 0.2) is 0 Å². The topological polar surface area (TPSA) is 4.93 Å². The summed E-state index contributed by atoms with van der Waals surface area (Å²) in [6, 6.07) is 47.0. The second-order valence-electron chi connectivity index (χ2n) is 10.1. The Labute approximate surface area is 213 Å². The van der Waals surface area contributed by atoms with E-state index in [-0.39, 0.29) is 0 Å². The Morgan fingerprint density at radius 2 is 0.676 bits per heavy atom. The van der Waals surface area contributed by atoms with Gasteiger partial charge in [-0.1, -0.05) is 103 Å². The molecule has 1 aromatic heterocycles. The Balaban J connectivity index is 1.48. The molecule has 0 fully saturated rings. The maximum Gasteiger partial charge on any atom is 0.0547 e. The summed E-state index contributed by atoms with van der Waals surface area (Å²) < 4.78 is 2.47. The molecule has 0 unspecified atom stereocenters. The van der Waals surface area contributed by atoms with Crippen molar-refractivity contribution < 1.29 is 0 Å². The highest BCUT2D eigenvalue weighted by Crippen LogP contribution is 2.44. The maximum absolute atomic E-state index is 2.47. The molecule has 1 heteroatoms. The molecule has 0 atom stereocenters. The SMILES string of the molecule is c1ccc2c(c1)c1ccccc1c1cc(-n3c4cccc5c6ccccc6c6cccc3c6c54)ccc21. The van der Waals surface area contributed by atoms with E-state index in [1.54, 1.807) is 0 Å². The van der Waals surface area contributed by atoms with Crippen molar-refractivity contribution >= 4 is 75.7 Å². The minimum Gasteiger partial charge on any atom is -0.309 e. The zero-order valence-corrected chi connectivity index (χ0v) is 20.1. The van der Waals surface area contributed by atoms with Crippen molar-refractivity contribution in [3.8, 4) is 5.69 Å². The largest absolute Gasteiger partial charge is 0.309 e. The summed E-state index contributed by atoms with van der Waals surface area (Å²) >= 11 is 0. The summed E-state index contributed by atoms with van der Waals surface area (Å²) in [5.74, 6) is 0. The molecule has 0 amide bonds. The lowest BCUT2D eigenvalue weighted by Gasteiger charge is -2.13. The minimum absolute atomic E-state index is 1.20. The maximum atomic E-state index is 2.47. The molecule has 0 spiro atoms. The van der Waals surface area contributed by atoms with Crippen LogP contribution in [0.25, 0.3) is 81.4 Å². The zero-order chi connectivity index (χ0) is 24.1. The van der Waals surface area contributed by atoms with E-state index in [0.717, 1.165) is 0 Å². The standard InChI is InChI=1S/C36H21N/c1-2-11-25-23(9-1)24-10-3-6-14-28(24)32-21-22(19-20-29(25)32)37-33-17-7-15-30-26-12-4-5-13-27(26)31-16-8-18-34(37)36(31)35(30)33/h1-21H. The third kappa shape index (κ3) is 2.39. The highest BCUT2D eigenvalue weighted by Gasteiger charge is 2.19. The van der Waals surface area contributed by atoms with Crippen LogP contribution in [0.1, 0.15) is 0 Å². The van der Waals surface area contributed by atoms with Crippen LogP contribution in [0.5, 0.6) is 0 Å². The van der Waals surface area contributed by atoms with Crippen molar-refractivity contribution in [1.29, 1.82) is 0 Å². The summed E-state index contributed by atoms with van der Waals surface area (Å²) in [4.78, 5) is 0. The predicted octanol–water partition coefficient (Wildman–Crippen LogP) is 9.99. The lowest BCUT2D eigenvalue weighted by atomic mass is 9.94. The van der Waals surface area contributed by atoms with Gasteiger partial charge in [0.05, 0.1) is 11.0 Å². The molecule has 8 aromatic carbocycles. The van der Waals surface area contributed by atoms with Gasteiger partial charge < -0.3 is 4.57 Å². The first-order valence-electron chi connectivity index (χ1n) is 12.9. The summed E-state index contributed by atoms with van der Waals surface area (Å²) in [7, 11) is 0. The molecular weight excluding hydrogens is 446 g/mol. The lowest BCUT2D eigenvalue weighted by Crippen LogP contribution is -1.94. The second-order valence-corrected chi connectivity index (χ2v) is 10.1. The van der Waals surface area contributed by atoms with Gasteiger partial charge in [0.25, 0.3) is 0 Å². The first-order chi connectivity index (χ1) is 18.4. The van der Waals surface area contributed by atoms with Gasteiger partial charge in [-0.3, -0.25) is 0 Å². The molecule has 0 saturated heterocycles. The van der Waals surface area contributed by atoms with Crippen LogP contribution < -0.4 is 0 Å². The minimum atomic E-state index is 1.20. The number of aromatic nitrogens is 1. The van der Waals surface area contributed by atoms with Gasteiger partial charge in [0.1, 0.15) is 0 Å². The first kappa shape index (κ1) is 19.3. The lowest BCUT2D eigenvalue weighted by molar-refractivity contribution is 1.19. The number of fused-ring (bicyclic) bond motifs is 9. The first-order valence-corrected chi connectivity index (χ1v) is 12.9. The van der Waals surface area contributed by atoms with Gasteiger partial charge in [-0.15, -0.1) is 0 Å². The Morgan fingerprint density at radius 1 is 0.297 bits per heavy atom. The molecule has 0 aliphatic carbocycles. The molecule has 0 N–H and O–H groups in total. The quantitative estimate of drug-likeness (QED) is 0.212. The van der Waals surface area contributed by atoms with E-state index < -0.39 is 0 Å². The molecule has 37 heavy (non-hydrogen) atoms.